The van der Waals surface area contributed by atoms with E-state index < -0.39 is 16.1 Å². The number of thiophene rings is 1. The molecule has 2 heterocycles. The molecule has 0 aromatic carbocycles. The van der Waals surface area contributed by atoms with E-state index in [1.807, 2.05) is 19.2 Å². The van der Waals surface area contributed by atoms with Gasteiger partial charge in [-0.25, -0.2) is 13.1 Å². The summed E-state index contributed by atoms with van der Waals surface area (Å²) in [5.41, 5.74) is 0.770. The van der Waals surface area contributed by atoms with Gasteiger partial charge in [0.15, 0.2) is 0 Å². The minimum Gasteiger partial charge on any atom is -0.468 e. The molecule has 1 unspecified atom stereocenters. The molecule has 2 rings (SSSR count). The number of hydrogen-bond acceptors (Lipinski definition) is 5. The predicted molar refractivity (Wildman–Crippen MR) is 83.9 cm³/mol. The van der Waals surface area contributed by atoms with Crippen LogP contribution in [0.3, 0.4) is 0 Å². The lowest BCUT2D eigenvalue weighted by Gasteiger charge is -2.13. The van der Waals surface area contributed by atoms with Crippen LogP contribution < -0.4 is 10.0 Å². The van der Waals surface area contributed by atoms with Gasteiger partial charge in [0.2, 0.25) is 10.0 Å². The van der Waals surface area contributed by atoms with Crippen LogP contribution in [0.1, 0.15) is 36.1 Å². The molecule has 2 N–H and O–H groups in total. The molecule has 0 saturated heterocycles. The van der Waals surface area contributed by atoms with Crippen LogP contribution in [-0.2, 0) is 16.6 Å². The first-order valence-corrected chi connectivity index (χ1v) is 9.15. The minimum atomic E-state index is -3.57. The number of furan rings is 1. The van der Waals surface area contributed by atoms with Crippen LogP contribution in [0.2, 0.25) is 0 Å². The highest BCUT2D eigenvalue weighted by atomic mass is 32.2. The van der Waals surface area contributed by atoms with Crippen molar-refractivity contribution in [1.29, 1.82) is 0 Å². The highest BCUT2D eigenvalue weighted by Gasteiger charge is 2.25. The van der Waals surface area contributed by atoms with Crippen molar-refractivity contribution in [2.24, 2.45) is 0 Å². The first-order valence-electron chi connectivity index (χ1n) is 6.79. The number of sulfonamides is 1. The summed E-state index contributed by atoms with van der Waals surface area (Å²) in [6.07, 6.45) is 1.53. The highest BCUT2D eigenvalue weighted by Crippen LogP contribution is 2.28. The molecule has 0 saturated carbocycles. The lowest BCUT2D eigenvalue weighted by Crippen LogP contribution is -2.28. The first-order chi connectivity index (χ1) is 9.95. The van der Waals surface area contributed by atoms with Crippen LogP contribution in [-0.4, -0.2) is 15.0 Å². The van der Waals surface area contributed by atoms with Crippen molar-refractivity contribution in [2.45, 2.75) is 38.3 Å². The van der Waals surface area contributed by atoms with Crippen molar-refractivity contribution in [3.8, 4) is 0 Å². The summed E-state index contributed by atoms with van der Waals surface area (Å²) in [5, 5.41) is 5.04. The zero-order chi connectivity index (χ0) is 15.5. The third kappa shape index (κ3) is 3.74. The normalized spacial score (nSPS) is 13.5. The Morgan fingerprint density at radius 2 is 2.19 bits per heavy atom. The topological polar surface area (TPSA) is 71.3 Å². The van der Waals surface area contributed by atoms with Gasteiger partial charge in [0, 0.05) is 11.4 Å². The maximum Gasteiger partial charge on any atom is 0.242 e. The van der Waals surface area contributed by atoms with Gasteiger partial charge in [-0.05, 0) is 43.5 Å². The fourth-order valence-corrected chi connectivity index (χ4v) is 5.09. The third-order valence-electron chi connectivity index (χ3n) is 3.10. The molecule has 0 aliphatic carbocycles. The van der Waals surface area contributed by atoms with E-state index in [0.29, 0.717) is 17.2 Å². The molecule has 2 aromatic rings. The van der Waals surface area contributed by atoms with Gasteiger partial charge in [-0.3, -0.25) is 0 Å². The zero-order valence-electron chi connectivity index (χ0n) is 12.3. The van der Waals surface area contributed by atoms with E-state index >= 15 is 0 Å². The van der Waals surface area contributed by atoms with Gasteiger partial charge in [-0.1, -0.05) is 6.92 Å². The van der Waals surface area contributed by atoms with Gasteiger partial charge < -0.3 is 9.73 Å². The maximum absolute atomic E-state index is 12.6. The molecule has 21 heavy (non-hydrogen) atoms. The van der Waals surface area contributed by atoms with E-state index in [0.717, 1.165) is 17.0 Å². The predicted octanol–water partition coefficient (Wildman–Crippen LogP) is 2.80. The summed E-state index contributed by atoms with van der Waals surface area (Å²) in [5.74, 6) is 0.597. The van der Waals surface area contributed by atoms with Crippen molar-refractivity contribution in [3.05, 3.63) is 40.0 Å². The molecule has 5 nitrogen and oxygen atoms in total. The van der Waals surface area contributed by atoms with Crippen molar-refractivity contribution < 1.29 is 12.8 Å². The molecule has 0 aliphatic rings. The van der Waals surface area contributed by atoms with Gasteiger partial charge in [-0.15, -0.1) is 11.3 Å². The highest BCUT2D eigenvalue weighted by molar-refractivity contribution is 7.89. The van der Waals surface area contributed by atoms with E-state index in [1.54, 1.807) is 19.1 Å². The van der Waals surface area contributed by atoms with Crippen LogP contribution in [0.4, 0.5) is 0 Å². The molecular weight excluding hydrogens is 308 g/mol. The molecule has 0 radical (unpaired) electrons. The number of nitrogens with one attached hydrogen (secondary N) is 2. The second-order valence-electron chi connectivity index (χ2n) is 4.81. The second kappa shape index (κ2) is 6.74. The van der Waals surface area contributed by atoms with Crippen LogP contribution in [0, 0.1) is 6.92 Å². The second-order valence-corrected chi connectivity index (χ2v) is 7.42. The maximum atomic E-state index is 12.6. The van der Waals surface area contributed by atoms with E-state index in [1.165, 1.54) is 17.6 Å². The number of rotatable bonds is 7. The molecule has 0 spiro atoms. The average Bonchev–Trinajstić information content (AvgIpc) is 3.05. The van der Waals surface area contributed by atoms with Gasteiger partial charge in [0.1, 0.15) is 10.7 Å². The summed E-state index contributed by atoms with van der Waals surface area (Å²) >= 11 is 1.46. The standard InChI is InChI=1S/C14H20N2O3S2/c1-4-15-8-13-14(10(2)9-20-13)21(17,18)16-11(3)12-6-5-7-19-12/h5-7,9,11,15-16H,4,8H2,1-3H3. The number of hydrogen-bond donors (Lipinski definition) is 2. The Morgan fingerprint density at radius 1 is 1.43 bits per heavy atom. The van der Waals surface area contributed by atoms with Crippen molar-refractivity contribution in [2.75, 3.05) is 6.54 Å². The lowest BCUT2D eigenvalue weighted by molar-refractivity contribution is 0.459. The molecule has 0 amide bonds. The summed E-state index contributed by atoms with van der Waals surface area (Å²) in [6, 6.07) is 3.09. The third-order valence-corrected chi connectivity index (χ3v) is 6.10. The minimum absolute atomic E-state index is 0.381. The Hall–Kier alpha value is -1.15. The Labute approximate surface area is 129 Å². The largest absolute Gasteiger partial charge is 0.468 e. The van der Waals surface area contributed by atoms with Crippen LogP contribution in [0.25, 0.3) is 0 Å². The van der Waals surface area contributed by atoms with Crippen LogP contribution >= 0.6 is 11.3 Å². The van der Waals surface area contributed by atoms with Crippen LogP contribution in [0.15, 0.2) is 33.1 Å². The van der Waals surface area contributed by atoms with Gasteiger partial charge in [0.25, 0.3) is 0 Å². The summed E-state index contributed by atoms with van der Waals surface area (Å²) in [4.78, 5) is 1.21. The zero-order valence-corrected chi connectivity index (χ0v) is 14.0. The van der Waals surface area contributed by atoms with Crippen LogP contribution in [0.5, 0.6) is 0 Å². The van der Waals surface area contributed by atoms with Gasteiger partial charge >= 0.3 is 0 Å². The lowest BCUT2D eigenvalue weighted by atomic mass is 10.3. The quantitative estimate of drug-likeness (QED) is 0.820. The molecule has 2 aromatic heterocycles. The fourth-order valence-electron chi connectivity index (χ4n) is 2.10. The molecular formula is C14H20N2O3S2. The first kappa shape index (κ1) is 16.2. The average molecular weight is 328 g/mol. The van der Waals surface area contributed by atoms with Gasteiger partial charge in [-0.2, -0.15) is 0 Å². The monoisotopic (exact) mass is 328 g/mol. The van der Waals surface area contributed by atoms with Crippen molar-refractivity contribution in [3.63, 3.8) is 0 Å². The SMILES string of the molecule is CCNCc1scc(C)c1S(=O)(=O)NC(C)c1ccco1. The molecule has 116 valence electrons. The number of aryl methyl sites for hydroxylation is 1. The fraction of sp³-hybridized carbons (Fsp3) is 0.429. The summed E-state index contributed by atoms with van der Waals surface area (Å²) in [7, 11) is -3.57. The van der Waals surface area contributed by atoms with E-state index in [4.69, 9.17) is 4.42 Å². The van der Waals surface area contributed by atoms with Gasteiger partial charge in [0.05, 0.1) is 12.3 Å². The van der Waals surface area contributed by atoms with E-state index in [2.05, 4.69) is 10.0 Å². The molecule has 7 heteroatoms. The molecule has 0 fully saturated rings. The molecule has 1 atom stereocenters. The van der Waals surface area contributed by atoms with Crippen molar-refractivity contribution in [1.82, 2.24) is 10.0 Å². The Balaban J connectivity index is 2.25. The Bertz CT molecular complexity index is 675. The molecule has 0 aliphatic heterocycles. The van der Waals surface area contributed by atoms with Crippen molar-refractivity contribution >= 4 is 21.4 Å². The summed E-state index contributed by atoms with van der Waals surface area (Å²) < 4.78 is 33.2. The summed E-state index contributed by atoms with van der Waals surface area (Å²) in [6.45, 7) is 6.93. The van der Waals surface area contributed by atoms with E-state index in [9.17, 15) is 8.42 Å². The Kier molecular flexibility index (Phi) is 5.21. The smallest absolute Gasteiger partial charge is 0.242 e. The Morgan fingerprint density at radius 3 is 2.81 bits per heavy atom. The van der Waals surface area contributed by atoms with E-state index in [-0.39, 0.29) is 0 Å². The molecule has 0 bridgehead atoms.